The number of hydrogen-bond acceptors (Lipinski definition) is 2. The quantitative estimate of drug-likeness (QED) is 0.763. The van der Waals surface area contributed by atoms with E-state index in [1.807, 2.05) is 36.1 Å². The molecule has 0 unspecified atom stereocenters. The van der Waals surface area contributed by atoms with Crippen LogP contribution in [0.3, 0.4) is 0 Å². The second-order valence-corrected chi connectivity index (χ2v) is 6.66. The smallest absolute Gasteiger partial charge is 0.254 e. The first-order chi connectivity index (χ1) is 12.7. The van der Waals surface area contributed by atoms with E-state index in [2.05, 4.69) is 35.5 Å². The van der Waals surface area contributed by atoms with Gasteiger partial charge in [-0.05, 0) is 42.7 Å². The van der Waals surface area contributed by atoms with Gasteiger partial charge in [-0.3, -0.25) is 4.79 Å². The highest BCUT2D eigenvalue weighted by molar-refractivity contribution is 5.96. The van der Waals surface area contributed by atoms with Crippen molar-refractivity contribution in [3.63, 3.8) is 0 Å². The molecule has 0 bridgehead atoms. The van der Waals surface area contributed by atoms with Gasteiger partial charge >= 0.3 is 0 Å². The fourth-order valence-corrected chi connectivity index (χ4v) is 3.57. The maximum Gasteiger partial charge on any atom is 0.254 e. The first kappa shape index (κ1) is 16.5. The van der Waals surface area contributed by atoms with E-state index in [0.29, 0.717) is 12.1 Å². The number of aromatic nitrogens is 1. The molecule has 2 heterocycles. The van der Waals surface area contributed by atoms with Gasteiger partial charge in [-0.15, -0.1) is 0 Å². The first-order valence-corrected chi connectivity index (χ1v) is 8.87. The summed E-state index contributed by atoms with van der Waals surface area (Å²) in [5.74, 6) is 0.806. The predicted octanol–water partition coefficient (Wildman–Crippen LogP) is 4.41. The average Bonchev–Trinajstić information content (AvgIpc) is 3.12. The van der Waals surface area contributed by atoms with Gasteiger partial charge in [0.2, 0.25) is 0 Å². The number of H-pyrrole nitrogens is 1. The Morgan fingerprint density at radius 3 is 2.81 bits per heavy atom. The van der Waals surface area contributed by atoms with Crippen LogP contribution in [0.5, 0.6) is 5.75 Å². The normalized spacial score (nSPS) is 14.4. The van der Waals surface area contributed by atoms with Crippen molar-refractivity contribution in [1.82, 2.24) is 9.88 Å². The Morgan fingerprint density at radius 1 is 1.19 bits per heavy atom. The van der Waals surface area contributed by atoms with Crippen LogP contribution in [0.4, 0.5) is 0 Å². The van der Waals surface area contributed by atoms with Crippen molar-refractivity contribution >= 4 is 22.4 Å². The zero-order valence-corrected chi connectivity index (χ0v) is 15.1. The zero-order valence-electron chi connectivity index (χ0n) is 15.1. The number of methoxy groups -OCH3 is 1. The summed E-state index contributed by atoms with van der Waals surface area (Å²) in [7, 11) is 1.63. The van der Waals surface area contributed by atoms with Gasteiger partial charge in [-0.25, -0.2) is 0 Å². The van der Waals surface area contributed by atoms with E-state index in [9.17, 15) is 4.79 Å². The highest BCUT2D eigenvalue weighted by Crippen LogP contribution is 2.29. The predicted molar refractivity (Wildman–Crippen MR) is 105 cm³/mol. The third kappa shape index (κ3) is 2.88. The highest BCUT2D eigenvalue weighted by atomic mass is 16.5. The molecule has 1 amide bonds. The van der Waals surface area contributed by atoms with Crippen LogP contribution in [0.15, 0.2) is 54.7 Å². The molecule has 132 valence electrons. The zero-order chi connectivity index (χ0) is 18.1. The fraction of sp³-hybridized carbons (Fsp3) is 0.227. The first-order valence-electron chi connectivity index (χ1n) is 8.87. The summed E-state index contributed by atoms with van der Waals surface area (Å²) in [4.78, 5) is 18.0. The SMILES string of the molecule is COc1cc(C(=O)N2CC=C(c3c[nH]c4ccccc34)CC2)ccc1C. The van der Waals surface area contributed by atoms with Crippen molar-refractivity contribution in [1.29, 1.82) is 0 Å². The van der Waals surface area contributed by atoms with Crippen LogP contribution in [0.1, 0.15) is 27.9 Å². The van der Waals surface area contributed by atoms with E-state index in [0.717, 1.165) is 29.8 Å². The number of para-hydroxylation sites is 1. The Labute approximate surface area is 153 Å². The molecular formula is C22H22N2O2. The summed E-state index contributed by atoms with van der Waals surface area (Å²) < 4.78 is 5.34. The molecule has 0 radical (unpaired) electrons. The number of hydrogen-bond donors (Lipinski definition) is 1. The van der Waals surface area contributed by atoms with Crippen molar-refractivity contribution < 1.29 is 9.53 Å². The summed E-state index contributed by atoms with van der Waals surface area (Å²) in [6, 6.07) is 14.0. The summed E-state index contributed by atoms with van der Waals surface area (Å²) in [5.41, 5.74) is 5.40. The van der Waals surface area contributed by atoms with Crippen LogP contribution in [-0.2, 0) is 0 Å². The Kier molecular flexibility index (Phi) is 4.25. The molecule has 1 N–H and O–H groups in total. The molecule has 0 atom stereocenters. The van der Waals surface area contributed by atoms with Crippen LogP contribution in [0, 0.1) is 6.92 Å². The van der Waals surface area contributed by atoms with Crippen LogP contribution in [0.2, 0.25) is 0 Å². The Bertz CT molecular complexity index is 1000. The summed E-state index contributed by atoms with van der Waals surface area (Å²) in [5, 5.41) is 1.24. The van der Waals surface area contributed by atoms with Crippen LogP contribution in [0.25, 0.3) is 16.5 Å². The lowest BCUT2D eigenvalue weighted by Gasteiger charge is -2.27. The molecule has 4 nitrogen and oxygen atoms in total. The molecule has 0 fully saturated rings. The number of nitrogens with zero attached hydrogens (tertiary/aromatic N) is 1. The lowest BCUT2D eigenvalue weighted by Crippen LogP contribution is -2.34. The Hall–Kier alpha value is -3.01. The van der Waals surface area contributed by atoms with Gasteiger partial charge in [0.15, 0.2) is 0 Å². The van der Waals surface area contributed by atoms with E-state index in [-0.39, 0.29) is 5.91 Å². The minimum Gasteiger partial charge on any atom is -0.496 e. The second kappa shape index (κ2) is 6.71. The third-order valence-electron chi connectivity index (χ3n) is 5.09. The maximum atomic E-state index is 12.8. The van der Waals surface area contributed by atoms with Gasteiger partial charge in [-0.1, -0.05) is 30.3 Å². The number of benzene rings is 2. The number of fused-ring (bicyclic) bond motifs is 1. The lowest BCUT2D eigenvalue weighted by atomic mass is 9.98. The standard InChI is InChI=1S/C22H22N2O2/c1-15-7-8-17(13-21(15)26-2)22(25)24-11-9-16(10-12-24)19-14-23-20-6-4-3-5-18(19)20/h3-9,13-14,23H,10-12H2,1-2H3. The van der Waals surface area contributed by atoms with Crippen LogP contribution >= 0.6 is 0 Å². The van der Waals surface area contributed by atoms with Gasteiger partial charge < -0.3 is 14.6 Å². The number of ether oxygens (including phenoxy) is 1. The molecule has 4 rings (SSSR count). The van der Waals surface area contributed by atoms with Crippen molar-refractivity contribution in [3.05, 3.63) is 71.4 Å². The monoisotopic (exact) mass is 346 g/mol. The van der Waals surface area contributed by atoms with Gasteiger partial charge in [0.1, 0.15) is 5.75 Å². The summed E-state index contributed by atoms with van der Waals surface area (Å²) in [6.07, 6.45) is 5.10. The topological polar surface area (TPSA) is 45.3 Å². The number of aryl methyl sites for hydroxylation is 1. The number of amides is 1. The van der Waals surface area contributed by atoms with Gasteiger partial charge in [0.25, 0.3) is 5.91 Å². The van der Waals surface area contributed by atoms with E-state index in [1.54, 1.807) is 7.11 Å². The van der Waals surface area contributed by atoms with E-state index < -0.39 is 0 Å². The minimum absolute atomic E-state index is 0.0533. The van der Waals surface area contributed by atoms with Crippen molar-refractivity contribution in [2.24, 2.45) is 0 Å². The van der Waals surface area contributed by atoms with Crippen LogP contribution in [-0.4, -0.2) is 36.0 Å². The van der Waals surface area contributed by atoms with Gasteiger partial charge in [0.05, 0.1) is 7.11 Å². The average molecular weight is 346 g/mol. The van der Waals surface area contributed by atoms with Crippen LogP contribution < -0.4 is 4.74 Å². The molecule has 26 heavy (non-hydrogen) atoms. The molecular weight excluding hydrogens is 324 g/mol. The number of carbonyl (C=O) groups excluding carboxylic acids is 1. The number of aromatic amines is 1. The van der Waals surface area contributed by atoms with Crippen molar-refractivity contribution in [2.45, 2.75) is 13.3 Å². The molecule has 4 heteroatoms. The van der Waals surface area contributed by atoms with Crippen molar-refractivity contribution in [2.75, 3.05) is 20.2 Å². The number of rotatable bonds is 3. The van der Waals surface area contributed by atoms with Gasteiger partial charge in [-0.2, -0.15) is 0 Å². The largest absolute Gasteiger partial charge is 0.496 e. The molecule has 0 saturated heterocycles. The summed E-state index contributed by atoms with van der Waals surface area (Å²) in [6.45, 7) is 3.33. The number of nitrogens with one attached hydrogen (secondary N) is 1. The summed E-state index contributed by atoms with van der Waals surface area (Å²) >= 11 is 0. The van der Waals surface area contributed by atoms with Crippen molar-refractivity contribution in [3.8, 4) is 5.75 Å². The van der Waals surface area contributed by atoms with E-state index in [4.69, 9.17) is 4.74 Å². The Morgan fingerprint density at radius 2 is 2.04 bits per heavy atom. The molecule has 1 aromatic heterocycles. The Balaban J connectivity index is 1.55. The molecule has 3 aromatic rings. The molecule has 0 saturated carbocycles. The molecule has 0 spiro atoms. The minimum atomic E-state index is 0.0533. The third-order valence-corrected chi connectivity index (χ3v) is 5.09. The maximum absolute atomic E-state index is 12.8. The second-order valence-electron chi connectivity index (χ2n) is 6.66. The lowest BCUT2D eigenvalue weighted by molar-refractivity contribution is 0.0772. The molecule has 0 aliphatic carbocycles. The molecule has 1 aliphatic rings. The molecule has 2 aromatic carbocycles. The number of carbonyl (C=O) groups is 1. The highest BCUT2D eigenvalue weighted by Gasteiger charge is 2.21. The van der Waals surface area contributed by atoms with E-state index in [1.165, 1.54) is 16.5 Å². The van der Waals surface area contributed by atoms with E-state index >= 15 is 0 Å². The molecule has 1 aliphatic heterocycles. The van der Waals surface area contributed by atoms with Gasteiger partial charge in [0, 0.05) is 41.3 Å². The fourth-order valence-electron chi connectivity index (χ4n) is 3.57.